The lowest BCUT2D eigenvalue weighted by molar-refractivity contribution is 0.733. The van der Waals surface area contributed by atoms with E-state index in [0.29, 0.717) is 5.02 Å². The van der Waals surface area contributed by atoms with Gasteiger partial charge in [-0.15, -0.1) is 0 Å². The van der Waals surface area contributed by atoms with Crippen LogP contribution in [0.4, 0.5) is 0 Å². The second-order valence-electron chi connectivity index (χ2n) is 2.57. The minimum Gasteiger partial charge on any atom is -0.324 e. The van der Waals surface area contributed by atoms with E-state index < -0.39 is 0 Å². The third-order valence-electron chi connectivity index (χ3n) is 1.62. The fourth-order valence-electron chi connectivity index (χ4n) is 0.967. The molecule has 5 heteroatoms. The van der Waals surface area contributed by atoms with Crippen LogP contribution in [-0.4, -0.2) is 6.54 Å². The zero-order valence-electron chi connectivity index (χ0n) is 6.89. The number of halogens is 1. The second-order valence-corrected chi connectivity index (χ2v) is 3.01. The van der Waals surface area contributed by atoms with Gasteiger partial charge < -0.3 is 5.73 Å². The van der Waals surface area contributed by atoms with Crippen LogP contribution in [0, 0.1) is 0 Å². The smallest absolute Gasteiger partial charge is 0.0451 e. The van der Waals surface area contributed by atoms with Gasteiger partial charge in [0.05, 0.1) is 0 Å². The van der Waals surface area contributed by atoms with E-state index in [1.54, 1.807) is 12.1 Å². The number of hydrogen-bond donors (Lipinski definition) is 1. The van der Waals surface area contributed by atoms with Crippen molar-refractivity contribution in [3.8, 4) is 0 Å². The van der Waals surface area contributed by atoms with E-state index in [-0.39, 0.29) is 12.6 Å². The summed E-state index contributed by atoms with van der Waals surface area (Å²) in [6.07, 6.45) is 0. The Hall–Kier alpha value is -1.22. The third kappa shape index (κ3) is 2.95. The van der Waals surface area contributed by atoms with Crippen LogP contribution in [0.3, 0.4) is 0 Å². The maximum atomic E-state index is 8.09. The van der Waals surface area contributed by atoms with Gasteiger partial charge in [0.15, 0.2) is 0 Å². The first-order valence-electron chi connectivity index (χ1n) is 3.76. The van der Waals surface area contributed by atoms with Crippen LogP contribution in [0.1, 0.15) is 11.6 Å². The van der Waals surface area contributed by atoms with Crippen molar-refractivity contribution in [2.24, 2.45) is 10.8 Å². The molecule has 0 aliphatic heterocycles. The van der Waals surface area contributed by atoms with Crippen LogP contribution >= 0.6 is 11.6 Å². The Balaban J connectivity index is 2.76. The molecule has 1 rings (SSSR count). The zero-order chi connectivity index (χ0) is 9.68. The summed E-state index contributed by atoms with van der Waals surface area (Å²) in [6, 6.07) is 6.91. The van der Waals surface area contributed by atoms with Crippen molar-refractivity contribution in [3.05, 3.63) is 45.3 Å². The predicted molar refractivity (Wildman–Crippen MR) is 52.4 cm³/mol. The molecule has 1 aromatic carbocycles. The molecule has 1 unspecified atom stereocenters. The van der Waals surface area contributed by atoms with Crippen LogP contribution in [0.2, 0.25) is 5.02 Å². The predicted octanol–water partition coefficient (Wildman–Crippen LogP) is 2.65. The summed E-state index contributed by atoms with van der Waals surface area (Å²) >= 11 is 5.76. The Bertz CT molecular complexity index is 333. The summed E-state index contributed by atoms with van der Waals surface area (Å²) in [6.45, 7) is 0.247. The van der Waals surface area contributed by atoms with Crippen molar-refractivity contribution in [2.45, 2.75) is 6.04 Å². The Morgan fingerprint density at radius 3 is 3.00 bits per heavy atom. The molecule has 13 heavy (non-hydrogen) atoms. The molecule has 0 aliphatic rings. The highest BCUT2D eigenvalue weighted by Gasteiger charge is 2.03. The van der Waals surface area contributed by atoms with Gasteiger partial charge in [-0.3, -0.25) is 0 Å². The molecular formula is C8H9ClN4. The Morgan fingerprint density at radius 1 is 1.62 bits per heavy atom. The van der Waals surface area contributed by atoms with Crippen molar-refractivity contribution in [3.63, 3.8) is 0 Å². The molecule has 0 spiro atoms. The maximum absolute atomic E-state index is 8.09. The van der Waals surface area contributed by atoms with Gasteiger partial charge >= 0.3 is 0 Å². The van der Waals surface area contributed by atoms with Crippen molar-refractivity contribution in [1.82, 2.24) is 0 Å². The first kappa shape index (κ1) is 9.86. The lowest BCUT2D eigenvalue weighted by Gasteiger charge is -2.08. The molecule has 1 atom stereocenters. The van der Waals surface area contributed by atoms with Crippen molar-refractivity contribution < 1.29 is 0 Å². The molecule has 0 saturated carbocycles. The van der Waals surface area contributed by atoms with Gasteiger partial charge in [0.2, 0.25) is 0 Å². The number of hydrogen-bond acceptors (Lipinski definition) is 2. The lowest BCUT2D eigenvalue weighted by atomic mass is 10.1. The molecule has 0 aromatic heterocycles. The van der Waals surface area contributed by atoms with Gasteiger partial charge in [0, 0.05) is 22.5 Å². The van der Waals surface area contributed by atoms with Gasteiger partial charge in [-0.2, -0.15) is 0 Å². The minimum absolute atomic E-state index is 0.247. The van der Waals surface area contributed by atoms with Gasteiger partial charge in [0.1, 0.15) is 0 Å². The molecule has 1 aromatic rings. The van der Waals surface area contributed by atoms with Crippen molar-refractivity contribution in [1.29, 1.82) is 0 Å². The van der Waals surface area contributed by atoms with Gasteiger partial charge in [0.25, 0.3) is 0 Å². The number of benzene rings is 1. The topological polar surface area (TPSA) is 74.8 Å². The summed E-state index contributed by atoms with van der Waals surface area (Å²) < 4.78 is 0. The molecule has 0 aliphatic carbocycles. The summed E-state index contributed by atoms with van der Waals surface area (Å²) in [7, 11) is 0. The highest BCUT2D eigenvalue weighted by molar-refractivity contribution is 6.30. The minimum atomic E-state index is -0.283. The quantitative estimate of drug-likeness (QED) is 0.450. The first-order chi connectivity index (χ1) is 6.24. The second kappa shape index (κ2) is 4.72. The molecular weight excluding hydrogens is 188 g/mol. The Labute approximate surface area is 80.9 Å². The normalized spacial score (nSPS) is 11.8. The maximum Gasteiger partial charge on any atom is 0.0451 e. The van der Waals surface area contributed by atoms with E-state index in [1.165, 1.54) is 0 Å². The van der Waals surface area contributed by atoms with Crippen LogP contribution < -0.4 is 5.73 Å². The van der Waals surface area contributed by atoms with E-state index in [1.807, 2.05) is 12.1 Å². The van der Waals surface area contributed by atoms with Crippen LogP contribution in [-0.2, 0) is 0 Å². The number of nitrogens with two attached hydrogens (primary N) is 1. The molecule has 0 radical (unpaired) electrons. The lowest BCUT2D eigenvalue weighted by Crippen LogP contribution is -2.12. The number of azide groups is 1. The molecule has 2 N–H and O–H groups in total. The molecule has 68 valence electrons. The van der Waals surface area contributed by atoms with E-state index in [0.717, 1.165) is 5.56 Å². The summed E-state index contributed by atoms with van der Waals surface area (Å²) in [5.74, 6) is 0. The van der Waals surface area contributed by atoms with Gasteiger partial charge in [-0.05, 0) is 23.2 Å². The standard InChI is InChI=1S/C8H9ClN4/c9-7-3-1-2-6(4-7)8(10)5-12-13-11/h1-4,8H,5,10H2. The van der Waals surface area contributed by atoms with Crippen LogP contribution in [0.25, 0.3) is 10.4 Å². The largest absolute Gasteiger partial charge is 0.324 e. The highest BCUT2D eigenvalue weighted by Crippen LogP contribution is 2.16. The highest BCUT2D eigenvalue weighted by atomic mass is 35.5. The van der Waals surface area contributed by atoms with Crippen LogP contribution in [0.15, 0.2) is 29.4 Å². The van der Waals surface area contributed by atoms with E-state index >= 15 is 0 Å². The van der Waals surface area contributed by atoms with Gasteiger partial charge in [-0.1, -0.05) is 28.8 Å². The average molecular weight is 197 g/mol. The Morgan fingerprint density at radius 2 is 2.38 bits per heavy atom. The van der Waals surface area contributed by atoms with E-state index in [9.17, 15) is 0 Å². The number of rotatable bonds is 3. The van der Waals surface area contributed by atoms with E-state index in [2.05, 4.69) is 10.0 Å². The first-order valence-corrected chi connectivity index (χ1v) is 4.13. The van der Waals surface area contributed by atoms with Crippen LogP contribution in [0.5, 0.6) is 0 Å². The SMILES string of the molecule is [N-]=[N+]=NCC(N)c1cccc(Cl)c1. The molecule has 0 heterocycles. The fourth-order valence-corrected chi connectivity index (χ4v) is 1.17. The Kier molecular flexibility index (Phi) is 3.58. The molecule has 0 bridgehead atoms. The van der Waals surface area contributed by atoms with Crippen molar-refractivity contribution in [2.75, 3.05) is 6.54 Å². The monoisotopic (exact) mass is 196 g/mol. The molecule has 4 nitrogen and oxygen atoms in total. The van der Waals surface area contributed by atoms with E-state index in [4.69, 9.17) is 22.9 Å². The third-order valence-corrected chi connectivity index (χ3v) is 1.85. The average Bonchev–Trinajstić information content (AvgIpc) is 2.14. The van der Waals surface area contributed by atoms with Gasteiger partial charge in [-0.25, -0.2) is 0 Å². The zero-order valence-corrected chi connectivity index (χ0v) is 7.65. The molecule has 0 saturated heterocycles. The summed E-state index contributed by atoms with van der Waals surface area (Å²) in [4.78, 5) is 2.64. The molecule has 0 amide bonds. The summed E-state index contributed by atoms with van der Waals surface area (Å²) in [5.41, 5.74) is 14.7. The summed E-state index contributed by atoms with van der Waals surface area (Å²) in [5, 5.41) is 4.02. The van der Waals surface area contributed by atoms with Crippen molar-refractivity contribution >= 4 is 11.6 Å². The number of nitrogens with zero attached hydrogens (tertiary/aromatic N) is 3. The molecule has 0 fully saturated rings. The fraction of sp³-hybridized carbons (Fsp3) is 0.250.